The lowest BCUT2D eigenvalue weighted by atomic mass is 10.0. The second-order valence-corrected chi connectivity index (χ2v) is 4.17. The smallest absolute Gasteiger partial charge is 0.132 e. The summed E-state index contributed by atoms with van der Waals surface area (Å²) in [6.45, 7) is 0. The lowest BCUT2D eigenvalue weighted by Gasteiger charge is -2.13. The first-order chi connectivity index (χ1) is 8.49. The van der Waals surface area contributed by atoms with Crippen molar-refractivity contribution in [2.45, 2.75) is 6.10 Å². The molecule has 0 aliphatic rings. The molecule has 2 aromatic carbocycles. The first-order valence-electron chi connectivity index (χ1n) is 5.07. The highest BCUT2D eigenvalue weighted by Crippen LogP contribution is 2.28. The molecule has 1 unspecified atom stereocenters. The van der Waals surface area contributed by atoms with Gasteiger partial charge in [-0.25, -0.2) is 13.2 Å². The van der Waals surface area contributed by atoms with Crippen molar-refractivity contribution in [3.63, 3.8) is 0 Å². The van der Waals surface area contributed by atoms with Crippen molar-refractivity contribution >= 4 is 11.6 Å². The number of hydrogen-bond acceptors (Lipinski definition) is 1. The van der Waals surface area contributed by atoms with Gasteiger partial charge in [0.2, 0.25) is 0 Å². The average Bonchev–Trinajstić information content (AvgIpc) is 2.31. The van der Waals surface area contributed by atoms with Gasteiger partial charge in [0.25, 0.3) is 0 Å². The van der Waals surface area contributed by atoms with Crippen LogP contribution in [-0.4, -0.2) is 5.11 Å². The van der Waals surface area contributed by atoms with Crippen molar-refractivity contribution in [3.05, 3.63) is 70.0 Å². The van der Waals surface area contributed by atoms with Gasteiger partial charge in [-0.15, -0.1) is 0 Å². The minimum Gasteiger partial charge on any atom is -0.383 e. The van der Waals surface area contributed by atoms with Crippen molar-refractivity contribution in [2.24, 2.45) is 0 Å². The molecule has 5 heteroatoms. The second kappa shape index (κ2) is 5.00. The van der Waals surface area contributed by atoms with Gasteiger partial charge in [0.1, 0.15) is 23.6 Å². The largest absolute Gasteiger partial charge is 0.383 e. The molecule has 2 rings (SSSR count). The van der Waals surface area contributed by atoms with Gasteiger partial charge in [0.15, 0.2) is 0 Å². The van der Waals surface area contributed by atoms with Gasteiger partial charge in [-0.2, -0.15) is 0 Å². The number of aliphatic hydroxyl groups is 1. The van der Waals surface area contributed by atoms with E-state index in [1.54, 1.807) is 0 Å². The number of hydrogen-bond donors (Lipinski definition) is 1. The van der Waals surface area contributed by atoms with Crippen LogP contribution in [0.5, 0.6) is 0 Å². The van der Waals surface area contributed by atoms with Crippen LogP contribution in [0.4, 0.5) is 13.2 Å². The van der Waals surface area contributed by atoms with Crippen LogP contribution in [0, 0.1) is 17.5 Å². The van der Waals surface area contributed by atoms with E-state index >= 15 is 0 Å². The van der Waals surface area contributed by atoms with Crippen molar-refractivity contribution < 1.29 is 18.3 Å². The third-order valence-electron chi connectivity index (χ3n) is 2.51. The highest BCUT2D eigenvalue weighted by Gasteiger charge is 2.19. The summed E-state index contributed by atoms with van der Waals surface area (Å²) in [7, 11) is 0. The Balaban J connectivity index is 2.47. The lowest BCUT2D eigenvalue weighted by Crippen LogP contribution is -2.05. The Labute approximate surface area is 106 Å². The zero-order valence-corrected chi connectivity index (χ0v) is 9.76. The van der Waals surface area contributed by atoms with E-state index in [0.717, 1.165) is 18.2 Å². The lowest BCUT2D eigenvalue weighted by molar-refractivity contribution is 0.209. The number of rotatable bonds is 2. The summed E-state index contributed by atoms with van der Waals surface area (Å²) >= 11 is 5.68. The predicted molar refractivity (Wildman–Crippen MR) is 61.8 cm³/mol. The van der Waals surface area contributed by atoms with Crippen LogP contribution in [0.1, 0.15) is 17.2 Å². The molecule has 1 atom stereocenters. The van der Waals surface area contributed by atoms with Crippen molar-refractivity contribution in [1.82, 2.24) is 0 Å². The molecule has 1 N–H and O–H groups in total. The monoisotopic (exact) mass is 272 g/mol. The van der Waals surface area contributed by atoms with Gasteiger partial charge in [0, 0.05) is 22.2 Å². The molecule has 0 fully saturated rings. The Morgan fingerprint density at radius 2 is 1.61 bits per heavy atom. The fraction of sp³-hybridized carbons (Fsp3) is 0.0769. The Hall–Kier alpha value is -1.52. The zero-order chi connectivity index (χ0) is 13.3. The van der Waals surface area contributed by atoms with Crippen LogP contribution in [-0.2, 0) is 0 Å². The van der Waals surface area contributed by atoms with E-state index in [1.807, 2.05) is 0 Å². The Morgan fingerprint density at radius 1 is 0.889 bits per heavy atom. The van der Waals surface area contributed by atoms with Gasteiger partial charge in [-0.3, -0.25) is 0 Å². The molecule has 0 amide bonds. The molecular weight excluding hydrogens is 265 g/mol. The molecule has 1 nitrogen and oxygen atoms in total. The van der Waals surface area contributed by atoms with Gasteiger partial charge in [0.05, 0.1) is 0 Å². The van der Waals surface area contributed by atoms with Crippen LogP contribution in [0.25, 0.3) is 0 Å². The Kier molecular flexibility index (Phi) is 3.59. The summed E-state index contributed by atoms with van der Waals surface area (Å²) in [4.78, 5) is 0. The van der Waals surface area contributed by atoms with Crippen LogP contribution in [0.3, 0.4) is 0 Å². The molecule has 0 radical (unpaired) electrons. The summed E-state index contributed by atoms with van der Waals surface area (Å²) in [6, 6.07) is 6.27. The molecule has 0 spiro atoms. The van der Waals surface area contributed by atoms with Gasteiger partial charge < -0.3 is 5.11 Å². The summed E-state index contributed by atoms with van der Waals surface area (Å²) in [6.07, 6.45) is -1.54. The molecular formula is C13H8ClF3O. The normalized spacial score (nSPS) is 12.5. The highest BCUT2D eigenvalue weighted by atomic mass is 35.5. The highest BCUT2D eigenvalue weighted by molar-refractivity contribution is 6.30. The first-order valence-corrected chi connectivity index (χ1v) is 5.45. The fourth-order valence-corrected chi connectivity index (χ4v) is 1.80. The standard InChI is InChI=1S/C13H8ClF3O/c14-7-1-4-11(16)10(5-7)13(18)9-3-2-8(15)6-12(9)17/h1-6,13,18H. The molecule has 0 aliphatic heterocycles. The van der Waals surface area contributed by atoms with Gasteiger partial charge in [-0.1, -0.05) is 17.7 Å². The van der Waals surface area contributed by atoms with E-state index in [-0.39, 0.29) is 16.1 Å². The molecule has 18 heavy (non-hydrogen) atoms. The van der Waals surface area contributed by atoms with Crippen LogP contribution < -0.4 is 0 Å². The first kappa shape index (κ1) is 12.9. The molecule has 0 saturated heterocycles. The maximum absolute atomic E-state index is 13.5. The van der Waals surface area contributed by atoms with Crippen molar-refractivity contribution in [1.29, 1.82) is 0 Å². The van der Waals surface area contributed by atoms with Crippen LogP contribution in [0.15, 0.2) is 36.4 Å². The summed E-state index contributed by atoms with van der Waals surface area (Å²) < 4.78 is 39.7. The minimum absolute atomic E-state index is 0.159. The minimum atomic E-state index is -1.54. The Bertz CT molecular complexity index is 586. The number of halogens is 4. The quantitative estimate of drug-likeness (QED) is 0.881. The molecule has 0 aliphatic carbocycles. The van der Waals surface area contributed by atoms with Crippen molar-refractivity contribution in [2.75, 3.05) is 0 Å². The maximum Gasteiger partial charge on any atom is 0.132 e. The third-order valence-corrected chi connectivity index (χ3v) is 2.74. The van der Waals surface area contributed by atoms with E-state index < -0.39 is 23.6 Å². The molecule has 2 aromatic rings. The topological polar surface area (TPSA) is 20.2 Å². The van der Waals surface area contributed by atoms with E-state index in [2.05, 4.69) is 0 Å². The van der Waals surface area contributed by atoms with Gasteiger partial charge in [-0.05, 0) is 24.3 Å². The maximum atomic E-state index is 13.5. The molecule has 94 valence electrons. The SMILES string of the molecule is OC(c1ccc(F)cc1F)c1cc(Cl)ccc1F. The average molecular weight is 273 g/mol. The van der Waals surface area contributed by atoms with E-state index in [4.69, 9.17) is 11.6 Å². The predicted octanol–water partition coefficient (Wildman–Crippen LogP) is 3.84. The van der Waals surface area contributed by atoms with Gasteiger partial charge >= 0.3 is 0 Å². The zero-order valence-electron chi connectivity index (χ0n) is 9.00. The van der Waals surface area contributed by atoms with E-state index in [1.165, 1.54) is 12.1 Å². The van der Waals surface area contributed by atoms with Crippen LogP contribution in [0.2, 0.25) is 5.02 Å². The molecule has 0 aromatic heterocycles. The van der Waals surface area contributed by atoms with Crippen molar-refractivity contribution in [3.8, 4) is 0 Å². The molecule has 0 bridgehead atoms. The fourth-order valence-electron chi connectivity index (χ4n) is 1.61. The molecule has 0 saturated carbocycles. The summed E-state index contributed by atoms with van der Waals surface area (Å²) in [5.41, 5.74) is -0.370. The number of aliphatic hydroxyl groups excluding tert-OH is 1. The molecule has 0 heterocycles. The van der Waals surface area contributed by atoms with Crippen LogP contribution >= 0.6 is 11.6 Å². The van der Waals surface area contributed by atoms with E-state index in [9.17, 15) is 18.3 Å². The second-order valence-electron chi connectivity index (χ2n) is 3.73. The van der Waals surface area contributed by atoms with E-state index in [0.29, 0.717) is 6.07 Å². The third kappa shape index (κ3) is 2.49. The Morgan fingerprint density at radius 3 is 2.28 bits per heavy atom. The number of benzene rings is 2. The summed E-state index contributed by atoms with van der Waals surface area (Å²) in [5.74, 6) is -2.42. The summed E-state index contributed by atoms with van der Waals surface area (Å²) in [5, 5.41) is 10.1.